The van der Waals surface area contributed by atoms with Gasteiger partial charge in [0.2, 0.25) is 0 Å². The molecule has 2 aromatic rings. The lowest BCUT2D eigenvalue weighted by atomic mass is 9.97. The van der Waals surface area contributed by atoms with Crippen LogP contribution in [0, 0.1) is 19.7 Å². The minimum absolute atomic E-state index is 0.181. The van der Waals surface area contributed by atoms with E-state index in [0.717, 1.165) is 11.1 Å². The molecule has 0 aromatic heterocycles. The maximum absolute atomic E-state index is 12.8. The Morgan fingerprint density at radius 3 is 2.33 bits per heavy atom. The number of carbonyl (C=O) groups excluding carboxylic acids is 1. The lowest BCUT2D eigenvalue weighted by Crippen LogP contribution is -2.07. The van der Waals surface area contributed by atoms with Gasteiger partial charge >= 0.3 is 0 Å². The van der Waals surface area contributed by atoms with E-state index in [1.807, 2.05) is 19.9 Å². The average molecular weight is 243 g/mol. The summed E-state index contributed by atoms with van der Waals surface area (Å²) in [6, 6.07) is 9.16. The average Bonchev–Trinajstić information content (AvgIpc) is 2.34. The van der Waals surface area contributed by atoms with Gasteiger partial charge in [0, 0.05) is 16.8 Å². The molecule has 0 atom stereocenters. The van der Waals surface area contributed by atoms with Crippen molar-refractivity contribution in [2.45, 2.75) is 13.8 Å². The van der Waals surface area contributed by atoms with Gasteiger partial charge < -0.3 is 5.73 Å². The topological polar surface area (TPSA) is 43.1 Å². The molecule has 18 heavy (non-hydrogen) atoms. The Morgan fingerprint density at radius 2 is 1.72 bits per heavy atom. The molecule has 0 unspecified atom stereocenters. The normalized spacial score (nSPS) is 10.4. The van der Waals surface area contributed by atoms with Crippen molar-refractivity contribution in [2.24, 2.45) is 0 Å². The molecule has 0 aliphatic carbocycles. The Balaban J connectivity index is 2.49. The van der Waals surface area contributed by atoms with E-state index in [0.29, 0.717) is 16.8 Å². The predicted octanol–water partition coefficient (Wildman–Crippen LogP) is 3.26. The van der Waals surface area contributed by atoms with Gasteiger partial charge in [-0.2, -0.15) is 0 Å². The standard InChI is InChI=1S/C15H14FNO/c1-9-7-10(2)14(17)13(8-9)15(18)11-3-5-12(16)6-4-11/h3-8H,17H2,1-2H3. The number of ketones is 1. The lowest BCUT2D eigenvalue weighted by molar-refractivity contribution is 0.103. The maximum atomic E-state index is 12.8. The monoisotopic (exact) mass is 243 g/mol. The molecule has 0 amide bonds. The molecule has 0 saturated heterocycles. The van der Waals surface area contributed by atoms with Crippen LogP contribution in [-0.2, 0) is 0 Å². The zero-order valence-electron chi connectivity index (χ0n) is 10.3. The Bertz CT molecular complexity index is 603. The van der Waals surface area contributed by atoms with Crippen molar-refractivity contribution in [2.75, 3.05) is 5.73 Å². The van der Waals surface area contributed by atoms with Crippen LogP contribution in [0.5, 0.6) is 0 Å². The minimum Gasteiger partial charge on any atom is -0.398 e. The van der Waals surface area contributed by atoms with Crippen LogP contribution < -0.4 is 5.73 Å². The van der Waals surface area contributed by atoms with Crippen LogP contribution in [0.4, 0.5) is 10.1 Å². The summed E-state index contributed by atoms with van der Waals surface area (Å²) in [4.78, 5) is 12.3. The smallest absolute Gasteiger partial charge is 0.195 e. The molecule has 0 fully saturated rings. The van der Waals surface area contributed by atoms with Crippen LogP contribution in [0.25, 0.3) is 0 Å². The highest BCUT2D eigenvalue weighted by Crippen LogP contribution is 2.22. The first kappa shape index (κ1) is 12.3. The Morgan fingerprint density at radius 1 is 1.11 bits per heavy atom. The number of carbonyl (C=O) groups is 1. The second kappa shape index (κ2) is 4.61. The second-order valence-electron chi connectivity index (χ2n) is 4.38. The number of nitrogens with two attached hydrogens (primary N) is 1. The van der Waals surface area contributed by atoms with E-state index in [1.165, 1.54) is 24.3 Å². The summed E-state index contributed by atoms with van der Waals surface area (Å²) in [6.07, 6.45) is 0. The number of benzene rings is 2. The molecule has 0 spiro atoms. The first-order valence-corrected chi connectivity index (χ1v) is 5.66. The molecular weight excluding hydrogens is 229 g/mol. The zero-order chi connectivity index (χ0) is 13.3. The van der Waals surface area contributed by atoms with Gasteiger partial charge in [0.25, 0.3) is 0 Å². The van der Waals surface area contributed by atoms with Crippen molar-refractivity contribution in [1.29, 1.82) is 0 Å². The Labute approximate surface area is 105 Å². The van der Waals surface area contributed by atoms with Gasteiger partial charge in [0.1, 0.15) is 5.82 Å². The van der Waals surface area contributed by atoms with Gasteiger partial charge in [-0.3, -0.25) is 4.79 Å². The van der Waals surface area contributed by atoms with Gasteiger partial charge in [-0.25, -0.2) is 4.39 Å². The van der Waals surface area contributed by atoms with E-state index >= 15 is 0 Å². The van der Waals surface area contributed by atoms with E-state index < -0.39 is 0 Å². The van der Waals surface area contributed by atoms with Crippen molar-refractivity contribution in [1.82, 2.24) is 0 Å². The third-order valence-electron chi connectivity index (χ3n) is 2.88. The van der Waals surface area contributed by atoms with Crippen molar-refractivity contribution in [3.8, 4) is 0 Å². The highest BCUT2D eigenvalue weighted by molar-refractivity contribution is 6.12. The van der Waals surface area contributed by atoms with Crippen LogP contribution in [-0.4, -0.2) is 5.78 Å². The molecule has 2 N–H and O–H groups in total. The van der Waals surface area contributed by atoms with Gasteiger partial charge in [-0.05, 0) is 55.3 Å². The van der Waals surface area contributed by atoms with Gasteiger partial charge in [-0.15, -0.1) is 0 Å². The highest BCUT2D eigenvalue weighted by Gasteiger charge is 2.14. The highest BCUT2D eigenvalue weighted by atomic mass is 19.1. The lowest BCUT2D eigenvalue weighted by Gasteiger charge is -2.09. The number of rotatable bonds is 2. The summed E-state index contributed by atoms with van der Waals surface area (Å²) >= 11 is 0. The molecule has 0 saturated carbocycles. The third-order valence-corrected chi connectivity index (χ3v) is 2.88. The first-order chi connectivity index (χ1) is 8.49. The molecule has 0 radical (unpaired) electrons. The van der Waals surface area contributed by atoms with Crippen LogP contribution in [0.15, 0.2) is 36.4 Å². The van der Waals surface area contributed by atoms with Crippen LogP contribution >= 0.6 is 0 Å². The molecule has 2 rings (SSSR count). The van der Waals surface area contributed by atoms with E-state index in [9.17, 15) is 9.18 Å². The SMILES string of the molecule is Cc1cc(C)c(N)c(C(=O)c2ccc(F)cc2)c1. The molecule has 3 heteroatoms. The Hall–Kier alpha value is -2.16. The number of anilines is 1. The molecule has 0 heterocycles. The van der Waals surface area contributed by atoms with Crippen molar-refractivity contribution >= 4 is 11.5 Å². The fourth-order valence-corrected chi connectivity index (χ4v) is 1.92. The summed E-state index contributed by atoms with van der Waals surface area (Å²) in [5.41, 5.74) is 9.17. The van der Waals surface area contributed by atoms with Crippen LogP contribution in [0.2, 0.25) is 0 Å². The summed E-state index contributed by atoms with van der Waals surface area (Å²) in [5.74, 6) is -0.542. The van der Waals surface area contributed by atoms with Crippen LogP contribution in [0.1, 0.15) is 27.0 Å². The van der Waals surface area contributed by atoms with E-state index in [-0.39, 0.29) is 11.6 Å². The maximum Gasteiger partial charge on any atom is 0.195 e. The molecule has 0 bridgehead atoms. The van der Waals surface area contributed by atoms with Crippen molar-refractivity contribution in [3.63, 3.8) is 0 Å². The zero-order valence-corrected chi connectivity index (χ0v) is 10.3. The molecule has 0 aliphatic rings. The number of nitrogen functional groups attached to an aromatic ring is 1. The van der Waals surface area contributed by atoms with Gasteiger partial charge in [-0.1, -0.05) is 6.07 Å². The quantitative estimate of drug-likeness (QED) is 0.650. The van der Waals surface area contributed by atoms with Gasteiger partial charge in [0.05, 0.1) is 0 Å². The number of hydrogen-bond donors (Lipinski definition) is 1. The molecule has 92 valence electrons. The molecular formula is C15H14FNO. The van der Waals surface area contributed by atoms with Crippen molar-refractivity contribution in [3.05, 3.63) is 64.5 Å². The number of hydrogen-bond acceptors (Lipinski definition) is 2. The summed E-state index contributed by atoms with van der Waals surface area (Å²) < 4.78 is 12.8. The van der Waals surface area contributed by atoms with E-state index in [4.69, 9.17) is 5.73 Å². The fourth-order valence-electron chi connectivity index (χ4n) is 1.92. The molecule has 2 aromatic carbocycles. The number of aryl methyl sites for hydroxylation is 2. The predicted molar refractivity (Wildman–Crippen MR) is 70.2 cm³/mol. The summed E-state index contributed by atoms with van der Waals surface area (Å²) in [7, 11) is 0. The van der Waals surface area contributed by atoms with Crippen LogP contribution in [0.3, 0.4) is 0 Å². The summed E-state index contributed by atoms with van der Waals surface area (Å²) in [5, 5.41) is 0. The molecule has 2 nitrogen and oxygen atoms in total. The summed E-state index contributed by atoms with van der Waals surface area (Å²) in [6.45, 7) is 3.78. The van der Waals surface area contributed by atoms with E-state index in [2.05, 4.69) is 0 Å². The number of halogens is 1. The molecule has 0 aliphatic heterocycles. The first-order valence-electron chi connectivity index (χ1n) is 5.66. The van der Waals surface area contributed by atoms with Gasteiger partial charge in [0.15, 0.2) is 5.78 Å². The van der Waals surface area contributed by atoms with E-state index in [1.54, 1.807) is 6.07 Å². The second-order valence-corrected chi connectivity index (χ2v) is 4.38. The largest absolute Gasteiger partial charge is 0.398 e. The fraction of sp³-hybridized carbons (Fsp3) is 0.133. The minimum atomic E-state index is -0.361. The Kier molecular flexibility index (Phi) is 3.15. The van der Waals surface area contributed by atoms with Crippen molar-refractivity contribution < 1.29 is 9.18 Å². The third kappa shape index (κ3) is 2.25.